The summed E-state index contributed by atoms with van der Waals surface area (Å²) in [5.74, 6) is 2.92. The normalized spacial score (nSPS) is 11.1. The van der Waals surface area contributed by atoms with Gasteiger partial charge in [-0.1, -0.05) is 0 Å². The molecule has 2 aromatic carbocycles. The van der Waals surface area contributed by atoms with Gasteiger partial charge >= 0.3 is 6.09 Å². The number of hydrogen-bond acceptors (Lipinski definition) is 9. The second-order valence-electron chi connectivity index (χ2n) is 10.1. The molecule has 0 unspecified atom stereocenters. The molecule has 8 nitrogen and oxygen atoms in total. The topological polar surface area (TPSA) is 109 Å². The number of aromatic nitrogens is 2. The fourth-order valence-corrected chi connectivity index (χ4v) is 6.24. The minimum Gasteiger partial charge on any atom is -0.455 e. The zero-order chi connectivity index (χ0) is 30.6. The van der Waals surface area contributed by atoms with Crippen molar-refractivity contribution in [3.8, 4) is 23.0 Å². The van der Waals surface area contributed by atoms with E-state index >= 15 is 0 Å². The minimum absolute atomic E-state index is 0.480. The third-order valence-electron chi connectivity index (χ3n) is 5.55. The van der Waals surface area contributed by atoms with Crippen molar-refractivity contribution >= 4 is 104 Å². The summed E-state index contributed by atoms with van der Waals surface area (Å²) in [5.41, 5.74) is 5.27. The Kier molecular flexibility index (Phi) is 9.88. The number of anilines is 2. The SMILES string of the molecule is CC(C)(C)OC(=O)Nc1cc2c(Oc3ccc(I)cc3)cncc2s1.Nc1cc2c(Oc3ccc(I)cc3)cncc2s1. The van der Waals surface area contributed by atoms with E-state index in [1.54, 1.807) is 24.8 Å². The van der Waals surface area contributed by atoms with E-state index < -0.39 is 11.7 Å². The summed E-state index contributed by atoms with van der Waals surface area (Å²) in [4.78, 5) is 20.3. The second kappa shape index (κ2) is 13.6. The van der Waals surface area contributed by atoms with Crippen molar-refractivity contribution in [1.82, 2.24) is 9.97 Å². The Morgan fingerprint density at radius 3 is 1.77 bits per heavy atom. The maximum Gasteiger partial charge on any atom is 0.412 e. The first-order chi connectivity index (χ1) is 20.5. The first-order valence-corrected chi connectivity index (χ1v) is 16.7. The Morgan fingerprint density at radius 1 is 0.767 bits per heavy atom. The molecule has 0 fully saturated rings. The molecule has 43 heavy (non-hydrogen) atoms. The summed E-state index contributed by atoms with van der Waals surface area (Å²) in [6.45, 7) is 5.48. The van der Waals surface area contributed by atoms with Crippen LogP contribution in [-0.2, 0) is 4.74 Å². The molecule has 4 aromatic heterocycles. The number of carbonyl (C=O) groups excluding carboxylic acids is 1. The number of nitrogens with two attached hydrogens (primary N) is 1. The molecule has 0 spiro atoms. The molecule has 1 amide bonds. The fourth-order valence-electron chi connectivity index (χ4n) is 3.78. The van der Waals surface area contributed by atoms with Gasteiger partial charge in [0, 0.05) is 30.3 Å². The van der Waals surface area contributed by atoms with E-state index in [0.717, 1.165) is 46.0 Å². The quantitative estimate of drug-likeness (QED) is 0.167. The fraction of sp³-hybridized carbons (Fsp3) is 0.129. The average molecular weight is 837 g/mol. The van der Waals surface area contributed by atoms with Gasteiger partial charge in [-0.3, -0.25) is 15.3 Å². The van der Waals surface area contributed by atoms with Gasteiger partial charge in [0.05, 0.1) is 31.8 Å². The van der Waals surface area contributed by atoms with Crippen LogP contribution in [0.25, 0.3) is 20.2 Å². The maximum atomic E-state index is 11.9. The molecule has 220 valence electrons. The highest BCUT2D eigenvalue weighted by molar-refractivity contribution is 14.1. The molecule has 6 aromatic rings. The van der Waals surface area contributed by atoms with E-state index in [2.05, 4.69) is 60.5 Å². The third kappa shape index (κ3) is 8.68. The molecule has 0 radical (unpaired) electrons. The second-order valence-corrected chi connectivity index (χ2v) is 14.8. The number of carbonyl (C=O) groups is 1. The first kappa shape index (κ1) is 31.2. The summed E-state index contributed by atoms with van der Waals surface area (Å²) < 4.78 is 21.4. The lowest BCUT2D eigenvalue weighted by Gasteiger charge is -2.19. The first-order valence-electron chi connectivity index (χ1n) is 12.9. The number of nitrogens with zero attached hydrogens (tertiary/aromatic N) is 2. The Labute approximate surface area is 283 Å². The number of fused-ring (bicyclic) bond motifs is 2. The molecule has 0 aliphatic rings. The molecule has 0 saturated heterocycles. The summed E-state index contributed by atoms with van der Waals surface area (Å²) >= 11 is 7.45. The molecule has 0 bridgehead atoms. The highest BCUT2D eigenvalue weighted by atomic mass is 127. The van der Waals surface area contributed by atoms with Crippen molar-refractivity contribution in [3.63, 3.8) is 0 Å². The smallest absolute Gasteiger partial charge is 0.412 e. The van der Waals surface area contributed by atoms with Crippen LogP contribution >= 0.6 is 67.9 Å². The van der Waals surface area contributed by atoms with Crippen LogP contribution in [-0.4, -0.2) is 21.7 Å². The van der Waals surface area contributed by atoms with Crippen LogP contribution in [0.1, 0.15) is 20.8 Å². The number of pyridine rings is 2. The van der Waals surface area contributed by atoms with Crippen LogP contribution in [0.5, 0.6) is 23.0 Å². The van der Waals surface area contributed by atoms with E-state index in [1.165, 1.54) is 26.2 Å². The minimum atomic E-state index is -0.540. The summed E-state index contributed by atoms with van der Waals surface area (Å²) in [6.07, 6.45) is 6.46. The average Bonchev–Trinajstić information content (AvgIpc) is 3.54. The lowest BCUT2D eigenvalue weighted by atomic mass is 10.2. The Hall–Kier alpha value is -3.21. The van der Waals surface area contributed by atoms with Gasteiger partial charge in [-0.2, -0.15) is 0 Å². The molecule has 4 heterocycles. The summed E-state index contributed by atoms with van der Waals surface area (Å²) in [6, 6.07) is 19.5. The number of halogens is 2. The van der Waals surface area contributed by atoms with Gasteiger partial charge in [0.15, 0.2) is 11.5 Å². The molecule has 0 saturated carbocycles. The monoisotopic (exact) mass is 836 g/mol. The Morgan fingerprint density at radius 2 is 1.26 bits per heavy atom. The van der Waals surface area contributed by atoms with Crippen molar-refractivity contribution in [2.75, 3.05) is 11.1 Å². The molecular weight excluding hydrogens is 810 g/mol. The lowest BCUT2D eigenvalue weighted by molar-refractivity contribution is 0.0636. The van der Waals surface area contributed by atoms with E-state index in [4.69, 9.17) is 19.9 Å². The van der Waals surface area contributed by atoms with Crippen LogP contribution in [0.2, 0.25) is 0 Å². The maximum absolute atomic E-state index is 11.9. The lowest BCUT2D eigenvalue weighted by Crippen LogP contribution is -2.26. The highest BCUT2D eigenvalue weighted by Gasteiger charge is 2.18. The zero-order valence-corrected chi connectivity index (χ0v) is 29.2. The van der Waals surface area contributed by atoms with Gasteiger partial charge in [0.2, 0.25) is 0 Å². The number of rotatable bonds is 5. The molecule has 0 aliphatic heterocycles. The molecular formula is C31H26I2N4O4S2. The highest BCUT2D eigenvalue weighted by Crippen LogP contribution is 2.37. The van der Waals surface area contributed by atoms with E-state index in [1.807, 2.05) is 81.4 Å². The van der Waals surface area contributed by atoms with Crippen LogP contribution in [0.4, 0.5) is 14.8 Å². The zero-order valence-electron chi connectivity index (χ0n) is 23.3. The molecule has 0 atom stereocenters. The summed E-state index contributed by atoms with van der Waals surface area (Å²) in [7, 11) is 0. The van der Waals surface area contributed by atoms with Crippen molar-refractivity contribution in [3.05, 3.63) is 92.6 Å². The van der Waals surface area contributed by atoms with Crippen LogP contribution in [0, 0.1) is 7.14 Å². The largest absolute Gasteiger partial charge is 0.455 e. The van der Waals surface area contributed by atoms with E-state index in [0.29, 0.717) is 10.8 Å². The van der Waals surface area contributed by atoms with Gasteiger partial charge in [0.25, 0.3) is 0 Å². The van der Waals surface area contributed by atoms with Crippen molar-refractivity contribution in [2.45, 2.75) is 26.4 Å². The number of nitrogens with one attached hydrogen (secondary N) is 1. The third-order valence-corrected chi connectivity index (χ3v) is 8.87. The van der Waals surface area contributed by atoms with E-state index in [-0.39, 0.29) is 0 Å². The van der Waals surface area contributed by atoms with Gasteiger partial charge in [-0.15, -0.1) is 22.7 Å². The predicted octanol–water partition coefficient (Wildman–Crippen LogP) is 10.3. The van der Waals surface area contributed by atoms with Gasteiger partial charge in [0.1, 0.15) is 17.1 Å². The van der Waals surface area contributed by atoms with Crippen molar-refractivity contribution in [1.29, 1.82) is 0 Å². The Bertz CT molecular complexity index is 1870. The van der Waals surface area contributed by atoms with Crippen LogP contribution in [0.3, 0.4) is 0 Å². The standard InChI is InChI=1S/C18H17IN2O3S.C13H9IN2OS/c1-18(2,3)24-17(22)21-16-8-13-14(9-20-10-15(13)25-16)23-12-6-4-11(19)5-7-12;14-8-1-3-9(4-2-8)17-11-6-16-7-12-10(11)5-13(15)18-12/h4-10H,1-3H3,(H,21,22);1-7H,15H2. The molecule has 6 rings (SSSR count). The number of benzene rings is 2. The molecule has 3 N–H and O–H groups in total. The van der Waals surface area contributed by atoms with Crippen LogP contribution in [0.15, 0.2) is 85.5 Å². The molecule has 0 aliphatic carbocycles. The van der Waals surface area contributed by atoms with E-state index in [9.17, 15) is 4.79 Å². The van der Waals surface area contributed by atoms with Crippen molar-refractivity contribution in [2.24, 2.45) is 0 Å². The number of nitrogen functional groups attached to an aromatic ring is 1. The van der Waals surface area contributed by atoms with Gasteiger partial charge < -0.3 is 19.9 Å². The Balaban J connectivity index is 0.000000180. The summed E-state index contributed by atoms with van der Waals surface area (Å²) in [5, 5.41) is 6.11. The van der Waals surface area contributed by atoms with Gasteiger partial charge in [-0.05, 0) is 127 Å². The number of thiophene rings is 2. The molecule has 12 heteroatoms. The predicted molar refractivity (Wildman–Crippen MR) is 192 cm³/mol. The number of ether oxygens (including phenoxy) is 3. The van der Waals surface area contributed by atoms with Crippen LogP contribution < -0.4 is 20.5 Å². The van der Waals surface area contributed by atoms with Crippen molar-refractivity contribution < 1.29 is 19.0 Å². The number of hydrogen-bond donors (Lipinski definition) is 2. The van der Waals surface area contributed by atoms with Gasteiger partial charge in [-0.25, -0.2) is 4.79 Å². The number of amides is 1.